The maximum atomic E-state index is 14.3. The predicted molar refractivity (Wildman–Crippen MR) is 149 cm³/mol. The molecule has 4 atom stereocenters. The molecule has 1 saturated carbocycles. The highest BCUT2D eigenvalue weighted by Crippen LogP contribution is 2.58. The largest absolute Gasteiger partial charge is 0.509 e. The minimum absolute atomic E-state index is 0.182. The number of aliphatic hydroxyl groups is 2. The number of phenolic OH excluding ortho intramolecular Hbond substituents is 1. The number of nitrogens with two attached hydrogens (primary N) is 3. The molecule has 13 nitrogen and oxygen atoms in total. The summed E-state index contributed by atoms with van der Waals surface area (Å²) in [5.41, 5.74) is 10.4. The van der Waals surface area contributed by atoms with Crippen molar-refractivity contribution >= 4 is 35.3 Å². The van der Waals surface area contributed by atoms with Gasteiger partial charge in [-0.2, -0.15) is 5.26 Å². The molecule has 1 aromatic carbocycles. The third-order valence-electron chi connectivity index (χ3n) is 7.98. The average Bonchev–Trinajstić information content (AvgIpc) is 2.81. The number of rotatable bonds is 4. The molecule has 0 radical (unpaired) electrons. The van der Waals surface area contributed by atoms with Crippen LogP contribution in [-0.2, 0) is 30.3 Å². The molecular formula is C29H33N5O8. The normalized spacial score (nSPS) is 29.3. The van der Waals surface area contributed by atoms with Crippen LogP contribution >= 0.6 is 0 Å². The number of ketones is 2. The van der Waals surface area contributed by atoms with Crippen molar-refractivity contribution in [3.63, 3.8) is 0 Å². The summed E-state index contributed by atoms with van der Waals surface area (Å²) in [5.74, 6) is -6.70. The van der Waals surface area contributed by atoms with Crippen LogP contribution < -0.4 is 17.2 Å². The topological polar surface area (TPSA) is 243 Å². The summed E-state index contributed by atoms with van der Waals surface area (Å²) in [5, 5.41) is 43.9. The highest BCUT2D eigenvalue weighted by atomic mass is 16.6. The van der Waals surface area contributed by atoms with Gasteiger partial charge < -0.3 is 37.3 Å². The number of Topliss-reactive ketones (excluding diaryl/α,β-unsaturated/α-hetero) is 2. The fourth-order valence-corrected chi connectivity index (χ4v) is 6.50. The van der Waals surface area contributed by atoms with Gasteiger partial charge >= 0.3 is 5.97 Å². The molecule has 1 amide bonds. The van der Waals surface area contributed by atoms with Crippen LogP contribution in [0.3, 0.4) is 0 Å². The fraction of sp³-hybridized carbons (Fsp3) is 0.414. The quantitative estimate of drug-likeness (QED) is 0.160. The molecule has 3 aliphatic rings. The molecule has 9 N–H and O–H groups in total. The third-order valence-corrected chi connectivity index (χ3v) is 7.98. The second kappa shape index (κ2) is 9.52. The van der Waals surface area contributed by atoms with Crippen LogP contribution in [-0.4, -0.2) is 80.5 Å². The van der Waals surface area contributed by atoms with Crippen molar-refractivity contribution in [2.45, 2.75) is 56.3 Å². The molecule has 13 heteroatoms. The van der Waals surface area contributed by atoms with Crippen molar-refractivity contribution in [2.75, 3.05) is 14.1 Å². The van der Waals surface area contributed by atoms with Crippen LogP contribution in [0.25, 0.3) is 11.8 Å². The number of carbonyl (C=O) groups is 4. The van der Waals surface area contributed by atoms with Crippen molar-refractivity contribution in [1.82, 2.24) is 4.90 Å². The van der Waals surface area contributed by atoms with Crippen LogP contribution in [0.4, 0.5) is 0 Å². The van der Waals surface area contributed by atoms with E-state index in [0.29, 0.717) is 5.56 Å². The Balaban J connectivity index is 2.01. The Bertz CT molecular complexity index is 1590. The van der Waals surface area contributed by atoms with E-state index < -0.39 is 86.4 Å². The number of carbonyl (C=O) groups excluding carboxylic acids is 4. The first kappa shape index (κ1) is 30.4. The van der Waals surface area contributed by atoms with Gasteiger partial charge in [-0.3, -0.25) is 19.3 Å². The Kier molecular flexibility index (Phi) is 6.90. The molecule has 0 unspecified atom stereocenters. The molecule has 222 valence electrons. The van der Waals surface area contributed by atoms with E-state index in [4.69, 9.17) is 21.9 Å². The molecule has 0 bridgehead atoms. The minimum atomic E-state index is -2.74. The minimum Gasteiger partial charge on any atom is -0.509 e. The number of aromatic hydroxyl groups is 1. The highest BCUT2D eigenvalue weighted by molar-refractivity contribution is 6.25. The number of fused-ring (bicyclic) bond motifs is 3. The zero-order chi connectivity index (χ0) is 31.7. The van der Waals surface area contributed by atoms with Crippen molar-refractivity contribution in [3.8, 4) is 11.8 Å². The number of esters is 1. The lowest BCUT2D eigenvalue weighted by Gasteiger charge is -2.58. The second-order valence-electron chi connectivity index (χ2n) is 12.2. The molecule has 0 heterocycles. The van der Waals surface area contributed by atoms with Crippen LogP contribution in [0.5, 0.6) is 5.75 Å². The van der Waals surface area contributed by atoms with E-state index in [0.717, 1.165) is 6.08 Å². The van der Waals surface area contributed by atoms with Crippen molar-refractivity contribution in [3.05, 3.63) is 51.8 Å². The number of primary amides is 1. The Morgan fingerprint density at radius 2 is 1.79 bits per heavy atom. The van der Waals surface area contributed by atoms with Gasteiger partial charge in [0.2, 0.25) is 0 Å². The number of hydrogen-bond acceptors (Lipinski definition) is 12. The second-order valence-corrected chi connectivity index (χ2v) is 12.2. The highest BCUT2D eigenvalue weighted by Gasteiger charge is 2.74. The van der Waals surface area contributed by atoms with Gasteiger partial charge in [0.25, 0.3) is 5.91 Å². The summed E-state index contributed by atoms with van der Waals surface area (Å²) in [6.07, 6.45) is 1.81. The molecule has 0 saturated heterocycles. The first-order valence-electron chi connectivity index (χ1n) is 13.0. The Hall–Kier alpha value is -4.51. The number of nitrogens with zero attached hydrogens (tertiary/aromatic N) is 2. The van der Waals surface area contributed by atoms with Crippen molar-refractivity contribution in [1.29, 1.82) is 5.26 Å². The summed E-state index contributed by atoms with van der Waals surface area (Å²) in [4.78, 5) is 53.7. The lowest BCUT2D eigenvalue weighted by Crippen LogP contribution is -2.80. The molecule has 4 rings (SSSR count). The summed E-state index contributed by atoms with van der Waals surface area (Å²) in [7, 11) is 2.87. The lowest BCUT2D eigenvalue weighted by molar-refractivity contribution is -0.148. The molecule has 0 aromatic heterocycles. The maximum Gasteiger partial charge on any atom is 0.331 e. The van der Waals surface area contributed by atoms with E-state index >= 15 is 0 Å². The standard InChI is InChI=1S/C29H33N5O8/c1-26(2,3)42-16(36)9-7-13-6-8-15(35)17-14(13)10-27(32)11-29(33)22(34(4)5)21(38)18(25(31)41)23(39)28(29,12-30)24(40)19(27)20(17)37/h6-9,22,35,37,39H,10-11,32-33H2,1-5H3,(H2,31,41)/b9-7+/t22-,27-,28+,29-/m1/s1. The van der Waals surface area contributed by atoms with Crippen molar-refractivity contribution < 1.29 is 39.2 Å². The smallest absolute Gasteiger partial charge is 0.331 e. The molecule has 1 aromatic rings. The summed E-state index contributed by atoms with van der Waals surface area (Å²) in [6, 6.07) is 2.92. The average molecular weight is 580 g/mol. The number of nitriles is 1. The first-order valence-corrected chi connectivity index (χ1v) is 13.0. The molecule has 1 fully saturated rings. The monoisotopic (exact) mass is 579 g/mol. The molecule has 0 spiro atoms. The third kappa shape index (κ3) is 4.10. The maximum absolute atomic E-state index is 14.3. The zero-order valence-electron chi connectivity index (χ0n) is 23.8. The molecule has 3 aliphatic carbocycles. The van der Waals surface area contributed by atoms with Crippen molar-refractivity contribution in [2.24, 2.45) is 22.6 Å². The molecule has 0 aliphatic heterocycles. The van der Waals surface area contributed by atoms with Gasteiger partial charge in [-0.15, -0.1) is 0 Å². The van der Waals surface area contributed by atoms with Gasteiger partial charge in [0, 0.05) is 6.08 Å². The first-order chi connectivity index (χ1) is 19.3. The van der Waals surface area contributed by atoms with Crippen LogP contribution in [0.15, 0.2) is 35.1 Å². The SMILES string of the molecule is CN(C)[C@@H]1C(=O)C(C(N)=O)=C(O)[C@@]2(C#N)C(=O)C3=C(O)c4c(O)ccc(/C=C/C(=O)OC(C)(C)C)c4C[C@@]3(N)C[C@@]12N. The van der Waals surface area contributed by atoms with Gasteiger partial charge in [0.1, 0.15) is 28.4 Å². The van der Waals surface area contributed by atoms with E-state index in [1.165, 1.54) is 37.2 Å². The molecule has 42 heavy (non-hydrogen) atoms. The van der Waals surface area contributed by atoms with E-state index in [2.05, 4.69) is 0 Å². The number of aliphatic hydroxyl groups excluding tert-OH is 2. The van der Waals surface area contributed by atoms with Crippen LogP contribution in [0.2, 0.25) is 0 Å². The number of phenols is 1. The van der Waals surface area contributed by atoms with Crippen LogP contribution in [0, 0.1) is 16.7 Å². The Labute approximate surface area is 241 Å². The Morgan fingerprint density at radius 3 is 2.31 bits per heavy atom. The fourth-order valence-electron chi connectivity index (χ4n) is 6.50. The van der Waals surface area contributed by atoms with Gasteiger partial charge in [0.05, 0.1) is 34.3 Å². The van der Waals surface area contributed by atoms with Gasteiger partial charge in [-0.05, 0) is 71.0 Å². The summed E-state index contributed by atoms with van der Waals surface area (Å²) in [6.45, 7) is 5.10. The number of ether oxygens (including phenoxy) is 1. The predicted octanol–water partition coefficient (Wildman–Crippen LogP) is 0.260. The lowest BCUT2D eigenvalue weighted by atomic mass is 9.47. The number of amides is 1. The summed E-state index contributed by atoms with van der Waals surface area (Å²) >= 11 is 0. The van der Waals surface area contributed by atoms with E-state index in [1.54, 1.807) is 26.8 Å². The summed E-state index contributed by atoms with van der Waals surface area (Å²) < 4.78 is 5.30. The van der Waals surface area contributed by atoms with E-state index in [1.807, 2.05) is 0 Å². The number of hydrogen-bond donors (Lipinski definition) is 6. The number of likely N-dealkylation sites (N-methyl/N-ethyl adjacent to an activating group) is 1. The zero-order valence-corrected chi connectivity index (χ0v) is 23.8. The van der Waals surface area contributed by atoms with Gasteiger partial charge in [-0.25, -0.2) is 4.79 Å². The molecular weight excluding hydrogens is 546 g/mol. The number of benzene rings is 1. The van der Waals surface area contributed by atoms with Crippen LogP contribution in [0.1, 0.15) is 43.9 Å². The Morgan fingerprint density at radius 1 is 1.17 bits per heavy atom. The van der Waals surface area contributed by atoms with E-state index in [9.17, 15) is 39.8 Å². The van der Waals surface area contributed by atoms with Gasteiger partial charge in [0.15, 0.2) is 17.0 Å². The van der Waals surface area contributed by atoms with Gasteiger partial charge in [-0.1, -0.05) is 6.07 Å². The van der Waals surface area contributed by atoms with E-state index in [-0.39, 0.29) is 17.5 Å².